The van der Waals surface area contributed by atoms with Gasteiger partial charge in [0.2, 0.25) is 15.9 Å². The molecule has 2 aromatic heterocycles. The molecule has 1 aromatic carbocycles. The Balaban J connectivity index is 1.32. The van der Waals surface area contributed by atoms with E-state index >= 15 is 0 Å². The van der Waals surface area contributed by atoms with Gasteiger partial charge in [-0.1, -0.05) is 18.2 Å². The molecule has 4 rings (SSSR count). The van der Waals surface area contributed by atoms with E-state index in [4.69, 9.17) is 0 Å². The van der Waals surface area contributed by atoms with Gasteiger partial charge in [0.25, 0.3) is 0 Å². The largest absolute Gasteiger partial charge is 0.350 e. The van der Waals surface area contributed by atoms with Gasteiger partial charge in [-0.2, -0.15) is 4.31 Å². The number of amides is 1. The average molecular weight is 405 g/mol. The molecule has 0 atom stereocenters. The lowest BCUT2D eigenvalue weighted by atomic mass is 9.97. The highest BCUT2D eigenvalue weighted by atomic mass is 32.2. The Bertz CT molecular complexity index is 1010. The molecule has 0 saturated carbocycles. The molecular formula is C18H20N4O3S2. The molecule has 1 N–H and O–H groups in total. The summed E-state index contributed by atoms with van der Waals surface area (Å²) in [5, 5.41) is 4.89. The van der Waals surface area contributed by atoms with Gasteiger partial charge in [0.05, 0.1) is 17.1 Å². The first kappa shape index (κ1) is 18.1. The zero-order valence-electron chi connectivity index (χ0n) is 14.6. The minimum absolute atomic E-state index is 0.0388. The summed E-state index contributed by atoms with van der Waals surface area (Å²) in [6, 6.07) is 8.42. The summed E-state index contributed by atoms with van der Waals surface area (Å²) in [6.07, 6.45) is 4.88. The molecule has 142 valence electrons. The van der Waals surface area contributed by atoms with Crippen molar-refractivity contribution in [2.45, 2.75) is 24.3 Å². The monoisotopic (exact) mass is 404 g/mol. The number of sulfonamides is 1. The Labute approximate surface area is 161 Å². The van der Waals surface area contributed by atoms with Crippen LogP contribution in [-0.2, 0) is 21.4 Å². The Kier molecular flexibility index (Phi) is 4.98. The van der Waals surface area contributed by atoms with E-state index in [2.05, 4.69) is 10.3 Å². The Morgan fingerprint density at radius 1 is 1.22 bits per heavy atom. The fourth-order valence-electron chi connectivity index (χ4n) is 3.28. The molecule has 1 aliphatic heterocycles. The van der Waals surface area contributed by atoms with Crippen molar-refractivity contribution in [1.29, 1.82) is 0 Å². The maximum atomic E-state index is 12.6. The second kappa shape index (κ2) is 7.41. The van der Waals surface area contributed by atoms with Crippen LogP contribution in [0, 0.1) is 5.92 Å². The smallest absolute Gasteiger partial charge is 0.243 e. The summed E-state index contributed by atoms with van der Waals surface area (Å²) >= 11 is 1.55. The number of imidazole rings is 1. The van der Waals surface area contributed by atoms with Crippen LogP contribution in [0.25, 0.3) is 4.96 Å². The first-order valence-electron chi connectivity index (χ1n) is 8.78. The zero-order chi connectivity index (χ0) is 18.9. The van der Waals surface area contributed by atoms with Crippen LogP contribution in [0.2, 0.25) is 0 Å². The van der Waals surface area contributed by atoms with E-state index in [0.29, 0.717) is 37.4 Å². The number of carbonyl (C=O) groups is 1. The van der Waals surface area contributed by atoms with Crippen LogP contribution in [0.5, 0.6) is 0 Å². The Morgan fingerprint density at radius 2 is 1.96 bits per heavy atom. The van der Waals surface area contributed by atoms with Gasteiger partial charge in [0.15, 0.2) is 4.96 Å². The van der Waals surface area contributed by atoms with E-state index in [9.17, 15) is 13.2 Å². The second-order valence-corrected chi connectivity index (χ2v) is 9.35. The summed E-state index contributed by atoms with van der Waals surface area (Å²) < 4.78 is 28.7. The fourth-order valence-corrected chi connectivity index (χ4v) is 5.49. The molecule has 9 heteroatoms. The van der Waals surface area contributed by atoms with Gasteiger partial charge in [0, 0.05) is 36.8 Å². The Morgan fingerprint density at radius 3 is 2.67 bits per heavy atom. The number of aromatic nitrogens is 2. The van der Waals surface area contributed by atoms with Crippen LogP contribution in [0.3, 0.4) is 0 Å². The van der Waals surface area contributed by atoms with Crippen LogP contribution in [0.4, 0.5) is 0 Å². The predicted molar refractivity (Wildman–Crippen MR) is 103 cm³/mol. The number of nitrogens with zero attached hydrogens (tertiary/aromatic N) is 3. The van der Waals surface area contributed by atoms with E-state index in [-0.39, 0.29) is 11.8 Å². The van der Waals surface area contributed by atoms with Gasteiger partial charge in [-0.15, -0.1) is 11.3 Å². The van der Waals surface area contributed by atoms with Gasteiger partial charge < -0.3 is 5.32 Å². The van der Waals surface area contributed by atoms with Crippen molar-refractivity contribution in [3.8, 4) is 0 Å². The minimum Gasteiger partial charge on any atom is -0.350 e. The molecule has 0 bridgehead atoms. The molecule has 3 aromatic rings. The van der Waals surface area contributed by atoms with Crippen LogP contribution >= 0.6 is 11.3 Å². The van der Waals surface area contributed by atoms with E-state index in [0.717, 1.165) is 10.7 Å². The molecule has 3 heterocycles. The molecule has 0 spiro atoms. The topological polar surface area (TPSA) is 83.8 Å². The lowest BCUT2D eigenvalue weighted by Gasteiger charge is -2.30. The standard InChI is InChI=1S/C18H20N4O3S2/c23-17(19-12-15-13-21-10-11-26-18(21)20-15)14-6-8-22(9-7-14)27(24,25)16-4-2-1-3-5-16/h1-5,10-11,13-14H,6-9,12H2,(H,19,23). The van der Waals surface area contributed by atoms with E-state index < -0.39 is 10.0 Å². The number of hydrogen-bond donors (Lipinski definition) is 1. The number of nitrogens with one attached hydrogen (secondary N) is 1. The lowest BCUT2D eigenvalue weighted by molar-refractivity contribution is -0.126. The molecule has 7 nitrogen and oxygen atoms in total. The number of fused-ring (bicyclic) bond motifs is 1. The number of rotatable bonds is 5. The van der Waals surface area contributed by atoms with Crippen LogP contribution in [0.15, 0.2) is 53.0 Å². The molecule has 0 radical (unpaired) electrons. The third-order valence-electron chi connectivity index (χ3n) is 4.79. The summed E-state index contributed by atoms with van der Waals surface area (Å²) in [7, 11) is -3.48. The quantitative estimate of drug-likeness (QED) is 0.706. The van der Waals surface area contributed by atoms with Gasteiger partial charge >= 0.3 is 0 Å². The zero-order valence-corrected chi connectivity index (χ0v) is 16.2. The second-order valence-electron chi connectivity index (χ2n) is 6.53. The van der Waals surface area contributed by atoms with Gasteiger partial charge in [-0.25, -0.2) is 13.4 Å². The molecular weight excluding hydrogens is 384 g/mol. The number of hydrogen-bond acceptors (Lipinski definition) is 5. The molecule has 1 aliphatic rings. The van der Waals surface area contributed by atoms with Gasteiger partial charge in [-0.05, 0) is 25.0 Å². The first-order valence-corrected chi connectivity index (χ1v) is 11.1. The molecule has 1 saturated heterocycles. The van der Waals surface area contributed by atoms with Gasteiger partial charge in [0.1, 0.15) is 0 Å². The van der Waals surface area contributed by atoms with Crippen molar-refractivity contribution in [1.82, 2.24) is 19.0 Å². The van der Waals surface area contributed by atoms with Crippen molar-refractivity contribution in [2.24, 2.45) is 5.92 Å². The molecule has 0 aliphatic carbocycles. The lowest BCUT2D eigenvalue weighted by Crippen LogP contribution is -2.42. The van der Waals surface area contributed by atoms with Crippen molar-refractivity contribution < 1.29 is 13.2 Å². The fraction of sp³-hybridized carbons (Fsp3) is 0.333. The van der Waals surface area contributed by atoms with Crippen molar-refractivity contribution in [3.05, 3.63) is 53.8 Å². The van der Waals surface area contributed by atoms with Gasteiger partial charge in [-0.3, -0.25) is 9.20 Å². The van der Waals surface area contributed by atoms with Crippen LogP contribution in [-0.4, -0.2) is 41.1 Å². The number of carbonyl (C=O) groups excluding carboxylic acids is 1. The highest BCUT2D eigenvalue weighted by molar-refractivity contribution is 7.89. The maximum absolute atomic E-state index is 12.6. The summed E-state index contributed by atoms with van der Waals surface area (Å²) in [5.74, 6) is -0.209. The number of piperidine rings is 1. The summed E-state index contributed by atoms with van der Waals surface area (Å²) in [5.41, 5.74) is 0.819. The average Bonchev–Trinajstić information content (AvgIpc) is 3.29. The summed E-state index contributed by atoms with van der Waals surface area (Å²) in [4.78, 5) is 18.1. The molecule has 1 fully saturated rings. The normalized spacial score (nSPS) is 16.6. The van der Waals surface area contributed by atoms with Crippen molar-refractivity contribution in [3.63, 3.8) is 0 Å². The highest BCUT2D eigenvalue weighted by Gasteiger charge is 2.31. The third kappa shape index (κ3) is 3.76. The van der Waals surface area contributed by atoms with E-state index in [1.807, 2.05) is 22.2 Å². The summed E-state index contributed by atoms with van der Waals surface area (Å²) in [6.45, 7) is 1.10. The third-order valence-corrected chi connectivity index (χ3v) is 7.48. The number of benzene rings is 1. The highest BCUT2D eigenvalue weighted by Crippen LogP contribution is 2.24. The van der Waals surface area contributed by atoms with E-state index in [1.165, 1.54) is 4.31 Å². The SMILES string of the molecule is O=C(NCc1cn2ccsc2n1)C1CCN(S(=O)(=O)c2ccccc2)CC1. The number of thiazole rings is 1. The van der Waals surface area contributed by atoms with Crippen molar-refractivity contribution in [2.75, 3.05) is 13.1 Å². The van der Waals surface area contributed by atoms with Crippen molar-refractivity contribution >= 4 is 32.2 Å². The van der Waals surface area contributed by atoms with E-state index in [1.54, 1.807) is 41.7 Å². The van der Waals surface area contributed by atoms with Crippen LogP contribution < -0.4 is 5.32 Å². The predicted octanol–water partition coefficient (Wildman–Crippen LogP) is 2.11. The minimum atomic E-state index is -3.48. The molecule has 27 heavy (non-hydrogen) atoms. The first-order chi connectivity index (χ1) is 13.0. The Hall–Kier alpha value is -2.23. The van der Waals surface area contributed by atoms with Crippen LogP contribution in [0.1, 0.15) is 18.5 Å². The molecule has 1 amide bonds. The maximum Gasteiger partial charge on any atom is 0.243 e. The molecule has 0 unspecified atom stereocenters.